The molecule has 15 heavy (non-hydrogen) atoms. The Morgan fingerprint density at radius 1 is 1.20 bits per heavy atom. The summed E-state index contributed by atoms with van der Waals surface area (Å²) in [6.45, 7) is 2.28. The van der Waals surface area contributed by atoms with E-state index in [0.29, 0.717) is 6.04 Å². The molecule has 0 spiro atoms. The molecular weight excluding hydrogens is 184 g/mol. The zero-order valence-corrected chi connectivity index (χ0v) is 9.61. The monoisotopic (exact) mass is 204 g/mol. The van der Waals surface area contributed by atoms with Gasteiger partial charge in [-0.15, -0.1) is 0 Å². The predicted octanol–water partition coefficient (Wildman–Crippen LogP) is 1.38. The lowest BCUT2D eigenvalue weighted by atomic mass is 9.94. The summed E-state index contributed by atoms with van der Waals surface area (Å²) < 4.78 is 0. The Labute approximate surface area is 92.3 Å². The molecule has 0 saturated carbocycles. The highest BCUT2D eigenvalue weighted by Gasteiger charge is 2.28. The maximum Gasteiger partial charge on any atom is 0.0258 e. The summed E-state index contributed by atoms with van der Waals surface area (Å²) in [4.78, 5) is 2.34. The van der Waals surface area contributed by atoms with Crippen molar-refractivity contribution in [2.24, 2.45) is 5.92 Å². The predicted molar refractivity (Wildman–Crippen MR) is 64.0 cm³/mol. The van der Waals surface area contributed by atoms with E-state index in [1.165, 1.54) is 12.0 Å². The highest BCUT2D eigenvalue weighted by atomic mass is 15.2. The quantitative estimate of drug-likeness (QED) is 0.800. The van der Waals surface area contributed by atoms with Crippen LogP contribution in [0.25, 0.3) is 0 Å². The largest absolute Gasteiger partial charge is 0.315 e. The van der Waals surface area contributed by atoms with Gasteiger partial charge in [-0.1, -0.05) is 30.3 Å². The van der Waals surface area contributed by atoms with Crippen molar-refractivity contribution in [3.05, 3.63) is 35.9 Å². The lowest BCUT2D eigenvalue weighted by Crippen LogP contribution is -2.35. The highest BCUT2D eigenvalue weighted by Crippen LogP contribution is 2.18. The van der Waals surface area contributed by atoms with Crippen LogP contribution in [-0.4, -0.2) is 38.1 Å². The third kappa shape index (κ3) is 2.58. The molecule has 0 unspecified atom stereocenters. The summed E-state index contributed by atoms with van der Waals surface area (Å²) in [7, 11) is 4.35. The highest BCUT2D eigenvalue weighted by molar-refractivity contribution is 5.16. The van der Waals surface area contributed by atoms with Crippen molar-refractivity contribution in [1.82, 2.24) is 10.2 Å². The first-order chi connectivity index (χ1) is 7.27. The molecule has 0 aliphatic carbocycles. The first kappa shape index (κ1) is 10.7. The molecule has 1 heterocycles. The Morgan fingerprint density at radius 3 is 2.60 bits per heavy atom. The summed E-state index contributed by atoms with van der Waals surface area (Å²) in [5.41, 5.74) is 1.46. The molecule has 1 N–H and O–H groups in total. The average Bonchev–Trinajstić information content (AvgIpc) is 2.67. The maximum atomic E-state index is 3.48. The minimum atomic E-state index is 0.685. The third-order valence-corrected chi connectivity index (χ3v) is 3.31. The van der Waals surface area contributed by atoms with Crippen LogP contribution < -0.4 is 5.32 Å². The van der Waals surface area contributed by atoms with Gasteiger partial charge >= 0.3 is 0 Å². The number of nitrogens with one attached hydrogen (secondary N) is 1. The van der Waals surface area contributed by atoms with Crippen LogP contribution in [0, 0.1) is 5.92 Å². The molecule has 1 aliphatic heterocycles. The van der Waals surface area contributed by atoms with E-state index in [1.807, 2.05) is 0 Å². The second kappa shape index (κ2) is 4.77. The molecule has 1 aliphatic rings. The molecule has 0 amide bonds. The van der Waals surface area contributed by atoms with Crippen molar-refractivity contribution < 1.29 is 0 Å². The van der Waals surface area contributed by atoms with Gasteiger partial charge in [0.15, 0.2) is 0 Å². The molecule has 0 radical (unpaired) electrons. The Morgan fingerprint density at radius 2 is 1.93 bits per heavy atom. The van der Waals surface area contributed by atoms with Crippen LogP contribution in [0.4, 0.5) is 0 Å². The van der Waals surface area contributed by atoms with Gasteiger partial charge in [-0.25, -0.2) is 0 Å². The van der Waals surface area contributed by atoms with Gasteiger partial charge in [-0.3, -0.25) is 0 Å². The lowest BCUT2D eigenvalue weighted by molar-refractivity contribution is 0.254. The molecule has 82 valence electrons. The summed E-state index contributed by atoms with van der Waals surface area (Å²) in [6.07, 6.45) is 1.19. The molecule has 0 bridgehead atoms. The van der Waals surface area contributed by atoms with Gasteiger partial charge in [0.05, 0.1) is 0 Å². The zero-order chi connectivity index (χ0) is 10.7. The Balaban J connectivity index is 2.00. The van der Waals surface area contributed by atoms with Crippen molar-refractivity contribution in [2.45, 2.75) is 12.5 Å². The van der Waals surface area contributed by atoms with E-state index in [-0.39, 0.29) is 0 Å². The first-order valence-corrected chi connectivity index (χ1v) is 5.68. The minimum Gasteiger partial charge on any atom is -0.315 e. The lowest BCUT2D eigenvalue weighted by Gasteiger charge is -2.25. The molecule has 2 heteroatoms. The van der Waals surface area contributed by atoms with E-state index in [1.54, 1.807) is 0 Å². The van der Waals surface area contributed by atoms with Gasteiger partial charge in [0.1, 0.15) is 0 Å². The van der Waals surface area contributed by atoms with Crippen molar-refractivity contribution in [1.29, 1.82) is 0 Å². The standard InChI is InChI=1S/C13H20N2/c1-15(2)13-10-14-9-12(13)8-11-6-4-3-5-7-11/h3-7,12-14H,8-10H2,1-2H3/t12-,13-/m1/s1. The van der Waals surface area contributed by atoms with Gasteiger partial charge in [-0.05, 0) is 38.5 Å². The van der Waals surface area contributed by atoms with Gasteiger partial charge in [0.2, 0.25) is 0 Å². The molecule has 1 aromatic rings. The third-order valence-electron chi connectivity index (χ3n) is 3.31. The van der Waals surface area contributed by atoms with Crippen LogP contribution >= 0.6 is 0 Å². The number of nitrogens with zero attached hydrogens (tertiary/aromatic N) is 1. The van der Waals surface area contributed by atoms with Gasteiger partial charge < -0.3 is 10.2 Å². The van der Waals surface area contributed by atoms with E-state index >= 15 is 0 Å². The number of likely N-dealkylation sites (N-methyl/N-ethyl adjacent to an activating group) is 1. The average molecular weight is 204 g/mol. The van der Waals surface area contributed by atoms with Crippen LogP contribution in [0.1, 0.15) is 5.56 Å². The Hall–Kier alpha value is -0.860. The van der Waals surface area contributed by atoms with Gasteiger partial charge in [-0.2, -0.15) is 0 Å². The number of rotatable bonds is 3. The normalized spacial score (nSPS) is 26.1. The van der Waals surface area contributed by atoms with Crippen LogP contribution in [0.3, 0.4) is 0 Å². The summed E-state index contributed by atoms with van der Waals surface area (Å²) in [6, 6.07) is 11.5. The molecule has 1 aromatic carbocycles. The molecule has 0 aromatic heterocycles. The molecule has 1 saturated heterocycles. The zero-order valence-electron chi connectivity index (χ0n) is 9.61. The topological polar surface area (TPSA) is 15.3 Å². The second-order valence-corrected chi connectivity index (χ2v) is 4.64. The molecule has 1 fully saturated rings. The van der Waals surface area contributed by atoms with Crippen LogP contribution in [0.2, 0.25) is 0 Å². The molecule has 2 rings (SSSR count). The number of hydrogen-bond donors (Lipinski definition) is 1. The van der Waals surface area contributed by atoms with Crippen molar-refractivity contribution in [2.75, 3.05) is 27.2 Å². The summed E-state index contributed by atoms with van der Waals surface area (Å²) in [5.74, 6) is 0.752. The molecule has 2 atom stereocenters. The van der Waals surface area contributed by atoms with Crippen molar-refractivity contribution in [3.63, 3.8) is 0 Å². The Kier molecular flexibility index (Phi) is 3.39. The fourth-order valence-corrected chi connectivity index (χ4v) is 2.45. The number of hydrogen-bond acceptors (Lipinski definition) is 2. The molecule has 2 nitrogen and oxygen atoms in total. The van der Waals surface area contributed by atoms with Crippen molar-refractivity contribution in [3.8, 4) is 0 Å². The maximum absolute atomic E-state index is 3.48. The number of benzene rings is 1. The minimum absolute atomic E-state index is 0.685. The second-order valence-electron chi connectivity index (χ2n) is 4.64. The van der Waals surface area contributed by atoms with E-state index < -0.39 is 0 Å². The van der Waals surface area contributed by atoms with Gasteiger partial charge in [0, 0.05) is 12.6 Å². The summed E-state index contributed by atoms with van der Waals surface area (Å²) in [5, 5.41) is 3.48. The van der Waals surface area contributed by atoms with Gasteiger partial charge in [0.25, 0.3) is 0 Å². The van der Waals surface area contributed by atoms with E-state index in [0.717, 1.165) is 19.0 Å². The summed E-state index contributed by atoms with van der Waals surface area (Å²) >= 11 is 0. The van der Waals surface area contributed by atoms with Crippen molar-refractivity contribution >= 4 is 0 Å². The van der Waals surface area contributed by atoms with E-state index in [2.05, 4.69) is 54.6 Å². The van der Waals surface area contributed by atoms with E-state index in [4.69, 9.17) is 0 Å². The molecular formula is C13H20N2. The van der Waals surface area contributed by atoms with E-state index in [9.17, 15) is 0 Å². The Bertz CT molecular complexity index is 295. The van der Waals surface area contributed by atoms with Crippen LogP contribution in [-0.2, 0) is 6.42 Å². The van der Waals surface area contributed by atoms with Crippen LogP contribution in [0.5, 0.6) is 0 Å². The SMILES string of the molecule is CN(C)[C@@H]1CNC[C@H]1Cc1ccccc1. The first-order valence-electron chi connectivity index (χ1n) is 5.68. The fourth-order valence-electron chi connectivity index (χ4n) is 2.45. The van der Waals surface area contributed by atoms with Crippen LogP contribution in [0.15, 0.2) is 30.3 Å². The smallest absolute Gasteiger partial charge is 0.0258 e. The fraction of sp³-hybridized carbons (Fsp3) is 0.538.